The van der Waals surface area contributed by atoms with Crippen molar-refractivity contribution >= 4 is 29.2 Å². The number of carbonyl (C=O) groups excluding carboxylic acids is 2. The van der Waals surface area contributed by atoms with Crippen molar-refractivity contribution in [1.82, 2.24) is 5.32 Å². The number of rotatable bonds is 4. The van der Waals surface area contributed by atoms with E-state index in [-0.39, 0.29) is 23.1 Å². The standard InChI is InChI=1S/C11H13ClN2O3/c1-2-14-9(15)6-17-11(16)7-4-3-5-8(13)10(7)12/h3-5H,2,6,13H2,1H3,(H,14,15). The third-order valence-electron chi connectivity index (χ3n) is 1.96. The number of nitrogens with one attached hydrogen (secondary N) is 1. The zero-order valence-electron chi connectivity index (χ0n) is 9.33. The Bertz CT molecular complexity index is 435. The van der Waals surface area contributed by atoms with Gasteiger partial charge in [0.25, 0.3) is 5.91 Å². The molecule has 0 heterocycles. The maximum absolute atomic E-state index is 11.6. The maximum Gasteiger partial charge on any atom is 0.340 e. The van der Waals surface area contributed by atoms with Crippen LogP contribution in [0.1, 0.15) is 17.3 Å². The lowest BCUT2D eigenvalue weighted by Gasteiger charge is -2.07. The number of amides is 1. The fourth-order valence-electron chi connectivity index (χ4n) is 1.16. The Morgan fingerprint density at radius 3 is 2.82 bits per heavy atom. The lowest BCUT2D eigenvalue weighted by molar-refractivity contribution is -0.124. The average molecular weight is 257 g/mol. The van der Waals surface area contributed by atoms with E-state index in [2.05, 4.69) is 5.32 Å². The first-order valence-corrected chi connectivity index (χ1v) is 5.41. The van der Waals surface area contributed by atoms with Gasteiger partial charge in [-0.05, 0) is 19.1 Å². The Morgan fingerprint density at radius 1 is 1.47 bits per heavy atom. The molecule has 0 aliphatic rings. The van der Waals surface area contributed by atoms with E-state index in [0.717, 1.165) is 0 Å². The summed E-state index contributed by atoms with van der Waals surface area (Å²) >= 11 is 5.84. The van der Waals surface area contributed by atoms with Gasteiger partial charge in [0.1, 0.15) is 0 Å². The van der Waals surface area contributed by atoms with Gasteiger partial charge in [-0.1, -0.05) is 17.7 Å². The van der Waals surface area contributed by atoms with Crippen molar-refractivity contribution in [3.05, 3.63) is 28.8 Å². The van der Waals surface area contributed by atoms with Crippen LogP contribution in [0.5, 0.6) is 0 Å². The normalized spacial score (nSPS) is 9.76. The van der Waals surface area contributed by atoms with Crippen LogP contribution in [0.4, 0.5) is 5.69 Å². The first-order valence-electron chi connectivity index (χ1n) is 5.04. The summed E-state index contributed by atoms with van der Waals surface area (Å²) in [4.78, 5) is 22.7. The summed E-state index contributed by atoms with van der Waals surface area (Å²) < 4.78 is 4.79. The second kappa shape index (κ2) is 6.10. The van der Waals surface area contributed by atoms with Crippen molar-refractivity contribution in [2.45, 2.75) is 6.92 Å². The molecular weight excluding hydrogens is 244 g/mol. The highest BCUT2D eigenvalue weighted by Crippen LogP contribution is 2.23. The molecular formula is C11H13ClN2O3. The quantitative estimate of drug-likeness (QED) is 0.627. The summed E-state index contributed by atoms with van der Waals surface area (Å²) in [5.41, 5.74) is 5.98. The molecule has 1 aromatic rings. The second-order valence-corrected chi connectivity index (χ2v) is 3.62. The molecule has 0 spiro atoms. The number of esters is 1. The number of anilines is 1. The third kappa shape index (κ3) is 3.64. The van der Waals surface area contributed by atoms with E-state index in [4.69, 9.17) is 22.1 Å². The number of nitrogen functional groups attached to an aromatic ring is 1. The summed E-state index contributed by atoms with van der Waals surface area (Å²) in [6, 6.07) is 4.64. The molecule has 1 aromatic carbocycles. The summed E-state index contributed by atoms with van der Waals surface area (Å²) in [5, 5.41) is 2.64. The summed E-state index contributed by atoms with van der Waals surface area (Å²) in [6.07, 6.45) is 0. The van der Waals surface area contributed by atoms with Gasteiger partial charge in [0.2, 0.25) is 0 Å². The van der Waals surface area contributed by atoms with Crippen molar-refractivity contribution in [2.75, 3.05) is 18.9 Å². The first kappa shape index (κ1) is 13.3. The Hall–Kier alpha value is -1.75. The molecule has 0 saturated heterocycles. The highest BCUT2D eigenvalue weighted by Gasteiger charge is 2.14. The van der Waals surface area contributed by atoms with Crippen LogP contribution in [0.25, 0.3) is 0 Å². The molecule has 17 heavy (non-hydrogen) atoms. The fraction of sp³-hybridized carbons (Fsp3) is 0.273. The Morgan fingerprint density at radius 2 is 2.18 bits per heavy atom. The van der Waals surface area contributed by atoms with Gasteiger partial charge in [-0.3, -0.25) is 4.79 Å². The van der Waals surface area contributed by atoms with Crippen molar-refractivity contribution in [3.63, 3.8) is 0 Å². The molecule has 0 aliphatic carbocycles. The zero-order valence-corrected chi connectivity index (χ0v) is 10.1. The van der Waals surface area contributed by atoms with Crippen LogP contribution < -0.4 is 11.1 Å². The molecule has 0 bridgehead atoms. The molecule has 0 radical (unpaired) electrons. The highest BCUT2D eigenvalue weighted by molar-refractivity contribution is 6.36. The lowest BCUT2D eigenvalue weighted by atomic mass is 10.2. The third-order valence-corrected chi connectivity index (χ3v) is 2.38. The van der Waals surface area contributed by atoms with Crippen molar-refractivity contribution in [2.24, 2.45) is 0 Å². The molecule has 0 unspecified atom stereocenters. The van der Waals surface area contributed by atoms with Gasteiger partial charge in [0.05, 0.1) is 16.3 Å². The lowest BCUT2D eigenvalue weighted by Crippen LogP contribution is -2.28. The van der Waals surface area contributed by atoms with Crippen LogP contribution in [0.15, 0.2) is 18.2 Å². The first-order chi connectivity index (χ1) is 8.06. The SMILES string of the molecule is CCNC(=O)COC(=O)c1cccc(N)c1Cl. The molecule has 0 saturated carbocycles. The van der Waals surface area contributed by atoms with Crippen LogP contribution in [-0.2, 0) is 9.53 Å². The number of benzene rings is 1. The number of halogens is 1. The molecule has 0 aliphatic heterocycles. The minimum absolute atomic E-state index is 0.133. The van der Waals surface area contributed by atoms with Crippen LogP contribution in [0.2, 0.25) is 5.02 Å². The van der Waals surface area contributed by atoms with E-state index in [0.29, 0.717) is 12.2 Å². The molecule has 0 fully saturated rings. The Balaban J connectivity index is 2.64. The molecule has 92 valence electrons. The van der Waals surface area contributed by atoms with E-state index in [1.165, 1.54) is 6.07 Å². The van der Waals surface area contributed by atoms with E-state index in [9.17, 15) is 9.59 Å². The van der Waals surface area contributed by atoms with E-state index in [1.54, 1.807) is 19.1 Å². The topological polar surface area (TPSA) is 81.4 Å². The summed E-state index contributed by atoms with van der Waals surface area (Å²) in [7, 11) is 0. The van der Waals surface area contributed by atoms with E-state index < -0.39 is 5.97 Å². The maximum atomic E-state index is 11.6. The minimum atomic E-state index is -0.673. The predicted molar refractivity (Wildman–Crippen MR) is 64.8 cm³/mol. The van der Waals surface area contributed by atoms with Crippen molar-refractivity contribution < 1.29 is 14.3 Å². The summed E-state index contributed by atoms with van der Waals surface area (Å²) in [5.74, 6) is -1.03. The van der Waals surface area contributed by atoms with Gasteiger partial charge in [0.15, 0.2) is 6.61 Å². The van der Waals surface area contributed by atoms with Crippen LogP contribution in [-0.4, -0.2) is 25.0 Å². The monoisotopic (exact) mass is 256 g/mol. The minimum Gasteiger partial charge on any atom is -0.452 e. The van der Waals surface area contributed by atoms with Gasteiger partial charge >= 0.3 is 5.97 Å². The van der Waals surface area contributed by atoms with Crippen LogP contribution in [0.3, 0.4) is 0 Å². The highest BCUT2D eigenvalue weighted by atomic mass is 35.5. The Labute approximate surface area is 104 Å². The summed E-state index contributed by atoms with van der Waals surface area (Å²) in [6.45, 7) is 1.92. The smallest absolute Gasteiger partial charge is 0.340 e. The number of carbonyl (C=O) groups is 2. The Kier molecular flexibility index (Phi) is 4.78. The van der Waals surface area contributed by atoms with Crippen LogP contribution in [0, 0.1) is 0 Å². The zero-order chi connectivity index (χ0) is 12.8. The van der Waals surface area contributed by atoms with Crippen molar-refractivity contribution in [1.29, 1.82) is 0 Å². The number of likely N-dealkylation sites (N-methyl/N-ethyl adjacent to an activating group) is 1. The molecule has 3 N–H and O–H groups in total. The number of nitrogens with two attached hydrogens (primary N) is 1. The van der Waals surface area contributed by atoms with E-state index >= 15 is 0 Å². The largest absolute Gasteiger partial charge is 0.452 e. The number of hydrogen-bond donors (Lipinski definition) is 2. The second-order valence-electron chi connectivity index (χ2n) is 3.24. The number of hydrogen-bond acceptors (Lipinski definition) is 4. The van der Waals surface area contributed by atoms with Gasteiger partial charge in [-0.15, -0.1) is 0 Å². The van der Waals surface area contributed by atoms with Gasteiger partial charge in [-0.2, -0.15) is 0 Å². The number of ether oxygens (including phenoxy) is 1. The molecule has 0 aromatic heterocycles. The fourth-order valence-corrected chi connectivity index (χ4v) is 1.37. The van der Waals surface area contributed by atoms with E-state index in [1.807, 2.05) is 0 Å². The van der Waals surface area contributed by atoms with Gasteiger partial charge in [-0.25, -0.2) is 4.79 Å². The molecule has 6 heteroatoms. The average Bonchev–Trinajstić information content (AvgIpc) is 2.30. The van der Waals surface area contributed by atoms with Crippen molar-refractivity contribution in [3.8, 4) is 0 Å². The molecule has 5 nitrogen and oxygen atoms in total. The predicted octanol–water partition coefficient (Wildman–Crippen LogP) is 1.22. The molecule has 1 amide bonds. The van der Waals surface area contributed by atoms with Gasteiger partial charge < -0.3 is 15.8 Å². The van der Waals surface area contributed by atoms with Crippen LogP contribution >= 0.6 is 11.6 Å². The molecule has 0 atom stereocenters. The van der Waals surface area contributed by atoms with Gasteiger partial charge in [0, 0.05) is 6.54 Å². The molecule has 1 rings (SSSR count).